The molecule has 1 amide bonds. The third-order valence-electron chi connectivity index (χ3n) is 4.64. The summed E-state index contributed by atoms with van der Waals surface area (Å²) in [5.41, 5.74) is 0.830. The van der Waals surface area contributed by atoms with Gasteiger partial charge in [-0.25, -0.2) is 0 Å². The Morgan fingerprint density at radius 1 is 1.27 bits per heavy atom. The molecule has 2 aliphatic heterocycles. The maximum Gasteiger partial charge on any atom is 0.225 e. The number of hydrogen-bond donors (Lipinski definition) is 0. The summed E-state index contributed by atoms with van der Waals surface area (Å²) in [4.78, 5) is 14.6. The third-order valence-corrected chi connectivity index (χ3v) is 4.64. The Hall–Kier alpha value is -1.95. The number of nitrogens with zero attached hydrogens (tertiary/aromatic N) is 4. The van der Waals surface area contributed by atoms with Gasteiger partial charge in [0.05, 0.1) is 18.6 Å². The van der Waals surface area contributed by atoms with Gasteiger partial charge in [-0.15, -0.1) is 10.2 Å². The van der Waals surface area contributed by atoms with Gasteiger partial charge in [-0.05, 0) is 37.8 Å². The number of carbonyl (C=O) groups excluding carboxylic acids is 1. The first-order valence-electron chi connectivity index (χ1n) is 8.03. The van der Waals surface area contributed by atoms with E-state index >= 15 is 0 Å². The Morgan fingerprint density at radius 3 is 3.09 bits per heavy atom. The number of fused-ring (bicyclic) bond motifs is 1. The van der Waals surface area contributed by atoms with Crippen molar-refractivity contribution < 1.29 is 9.53 Å². The van der Waals surface area contributed by atoms with Gasteiger partial charge in [0, 0.05) is 19.3 Å². The number of amides is 1. The lowest BCUT2D eigenvalue weighted by molar-refractivity contribution is -0.134. The zero-order valence-electron chi connectivity index (χ0n) is 12.5. The molecule has 2 atom stereocenters. The number of pyridine rings is 1. The van der Waals surface area contributed by atoms with Crippen LogP contribution in [0.3, 0.4) is 0 Å². The first kappa shape index (κ1) is 13.7. The molecule has 2 aliphatic rings. The Kier molecular flexibility index (Phi) is 3.54. The summed E-state index contributed by atoms with van der Waals surface area (Å²) in [5, 5.41) is 8.54. The Labute approximate surface area is 129 Å². The van der Waals surface area contributed by atoms with Crippen molar-refractivity contribution in [1.29, 1.82) is 0 Å². The first-order valence-corrected chi connectivity index (χ1v) is 8.03. The van der Waals surface area contributed by atoms with Crippen LogP contribution in [0.25, 0.3) is 5.65 Å². The summed E-state index contributed by atoms with van der Waals surface area (Å²) in [6.07, 6.45) is 6.59. The predicted octanol–water partition coefficient (Wildman–Crippen LogP) is 1.96. The van der Waals surface area contributed by atoms with E-state index in [2.05, 4.69) is 10.2 Å². The van der Waals surface area contributed by atoms with E-state index in [1.54, 1.807) is 0 Å². The van der Waals surface area contributed by atoms with Gasteiger partial charge in [-0.3, -0.25) is 9.20 Å². The smallest absolute Gasteiger partial charge is 0.225 e. The maximum atomic E-state index is 12.6. The summed E-state index contributed by atoms with van der Waals surface area (Å²) in [5.74, 6) is 1.05. The van der Waals surface area contributed by atoms with Crippen LogP contribution in [0, 0.1) is 0 Å². The molecule has 116 valence electrons. The molecule has 0 N–H and O–H groups in total. The molecule has 4 rings (SSSR count). The fraction of sp³-hybridized carbons (Fsp3) is 0.562. The average Bonchev–Trinajstić information content (AvgIpc) is 3.26. The van der Waals surface area contributed by atoms with Crippen molar-refractivity contribution in [1.82, 2.24) is 19.5 Å². The van der Waals surface area contributed by atoms with E-state index in [1.807, 2.05) is 33.7 Å². The molecule has 0 aromatic carbocycles. The van der Waals surface area contributed by atoms with Gasteiger partial charge >= 0.3 is 0 Å². The van der Waals surface area contributed by atoms with Crippen LogP contribution in [0.5, 0.6) is 0 Å². The van der Waals surface area contributed by atoms with E-state index in [9.17, 15) is 4.79 Å². The van der Waals surface area contributed by atoms with E-state index in [1.165, 1.54) is 0 Å². The second-order valence-electron chi connectivity index (χ2n) is 6.07. The van der Waals surface area contributed by atoms with Crippen LogP contribution >= 0.6 is 0 Å². The number of aromatic nitrogens is 3. The first-order chi connectivity index (χ1) is 10.8. The van der Waals surface area contributed by atoms with Crippen LogP contribution in [0.1, 0.15) is 44.0 Å². The topological polar surface area (TPSA) is 59.7 Å². The molecule has 6 nitrogen and oxygen atoms in total. The zero-order valence-corrected chi connectivity index (χ0v) is 12.5. The summed E-state index contributed by atoms with van der Waals surface area (Å²) in [6.45, 7) is 1.59. The van der Waals surface area contributed by atoms with Crippen molar-refractivity contribution in [3.63, 3.8) is 0 Å². The molecular weight excluding hydrogens is 280 g/mol. The second kappa shape index (κ2) is 5.68. The molecule has 2 aromatic heterocycles. The third kappa shape index (κ3) is 2.37. The molecule has 2 saturated heterocycles. The van der Waals surface area contributed by atoms with Crippen molar-refractivity contribution in [3.8, 4) is 0 Å². The Bertz CT molecular complexity index is 678. The highest BCUT2D eigenvalue weighted by molar-refractivity contribution is 5.77. The molecule has 0 bridgehead atoms. The summed E-state index contributed by atoms with van der Waals surface area (Å²) < 4.78 is 7.59. The van der Waals surface area contributed by atoms with Crippen LogP contribution < -0.4 is 0 Å². The molecule has 2 aromatic rings. The lowest BCUT2D eigenvalue weighted by Crippen LogP contribution is -2.33. The molecule has 6 heteroatoms. The highest BCUT2D eigenvalue weighted by atomic mass is 16.5. The van der Waals surface area contributed by atoms with Crippen molar-refractivity contribution in [2.75, 3.05) is 13.2 Å². The molecular formula is C16H20N4O2. The maximum absolute atomic E-state index is 12.6. The van der Waals surface area contributed by atoms with Crippen LogP contribution in [0.2, 0.25) is 0 Å². The monoisotopic (exact) mass is 300 g/mol. The molecule has 22 heavy (non-hydrogen) atoms. The number of likely N-dealkylation sites (tertiary alicyclic amines) is 1. The summed E-state index contributed by atoms with van der Waals surface area (Å²) in [7, 11) is 0. The van der Waals surface area contributed by atoms with Gasteiger partial charge in [-0.1, -0.05) is 6.07 Å². The van der Waals surface area contributed by atoms with Crippen LogP contribution in [0.4, 0.5) is 0 Å². The molecule has 0 spiro atoms. The van der Waals surface area contributed by atoms with Crippen molar-refractivity contribution in [3.05, 3.63) is 30.2 Å². The Morgan fingerprint density at radius 2 is 2.23 bits per heavy atom. The minimum Gasteiger partial charge on any atom is -0.378 e. The van der Waals surface area contributed by atoms with E-state index in [0.29, 0.717) is 6.42 Å². The fourth-order valence-corrected chi connectivity index (χ4v) is 3.54. The van der Waals surface area contributed by atoms with Crippen molar-refractivity contribution in [2.45, 2.75) is 44.2 Å². The van der Waals surface area contributed by atoms with Gasteiger partial charge in [0.1, 0.15) is 0 Å². The highest BCUT2D eigenvalue weighted by Gasteiger charge is 2.34. The quantitative estimate of drug-likeness (QED) is 0.869. The summed E-state index contributed by atoms with van der Waals surface area (Å²) in [6, 6.07) is 5.88. The molecule has 4 heterocycles. The van der Waals surface area contributed by atoms with E-state index < -0.39 is 0 Å². The number of ether oxygens (including phenoxy) is 1. The largest absolute Gasteiger partial charge is 0.378 e. The van der Waals surface area contributed by atoms with E-state index in [-0.39, 0.29) is 18.1 Å². The lowest BCUT2D eigenvalue weighted by Gasteiger charge is -2.24. The van der Waals surface area contributed by atoms with Crippen LogP contribution in [-0.4, -0.2) is 44.7 Å². The van der Waals surface area contributed by atoms with Crippen molar-refractivity contribution >= 4 is 11.6 Å². The van der Waals surface area contributed by atoms with Gasteiger partial charge < -0.3 is 9.64 Å². The molecule has 0 unspecified atom stereocenters. The average molecular weight is 300 g/mol. The van der Waals surface area contributed by atoms with E-state index in [4.69, 9.17) is 4.74 Å². The van der Waals surface area contributed by atoms with E-state index in [0.717, 1.165) is 50.3 Å². The molecule has 0 aliphatic carbocycles. The molecule has 0 saturated carbocycles. The SMILES string of the molecule is O=C(C[C@H]1CCCO1)N1CCC[C@@H]1c1nnc2ccccn12. The standard InChI is InChI=1S/C16H20N4O2/c21-15(11-12-5-4-10-22-12)19-9-3-6-13(19)16-18-17-14-7-1-2-8-20(14)16/h1-2,7-8,12-13H,3-6,9-11H2/t12-,13-/m1/s1. The van der Waals surface area contributed by atoms with Gasteiger partial charge in [0.25, 0.3) is 0 Å². The minimum absolute atomic E-state index is 0.0336. The fourth-order valence-electron chi connectivity index (χ4n) is 3.54. The van der Waals surface area contributed by atoms with Gasteiger partial charge in [0.2, 0.25) is 5.91 Å². The predicted molar refractivity (Wildman–Crippen MR) is 80.3 cm³/mol. The normalized spacial score (nSPS) is 25.2. The van der Waals surface area contributed by atoms with Crippen molar-refractivity contribution in [2.24, 2.45) is 0 Å². The molecule has 2 fully saturated rings. The number of rotatable bonds is 3. The molecule has 0 radical (unpaired) electrons. The second-order valence-corrected chi connectivity index (χ2v) is 6.07. The summed E-state index contributed by atoms with van der Waals surface area (Å²) >= 11 is 0. The van der Waals surface area contributed by atoms with Gasteiger partial charge in [0.15, 0.2) is 11.5 Å². The minimum atomic E-state index is 0.0336. The lowest BCUT2D eigenvalue weighted by atomic mass is 10.1. The van der Waals surface area contributed by atoms with Crippen LogP contribution in [-0.2, 0) is 9.53 Å². The number of carbonyl (C=O) groups is 1. The highest BCUT2D eigenvalue weighted by Crippen LogP contribution is 2.32. The van der Waals surface area contributed by atoms with Gasteiger partial charge in [-0.2, -0.15) is 0 Å². The zero-order chi connectivity index (χ0) is 14.9. The number of hydrogen-bond acceptors (Lipinski definition) is 4. The Balaban J connectivity index is 1.56. The van der Waals surface area contributed by atoms with Crippen LogP contribution in [0.15, 0.2) is 24.4 Å².